The van der Waals surface area contributed by atoms with Gasteiger partial charge in [0.25, 0.3) is 0 Å². The van der Waals surface area contributed by atoms with Crippen LogP contribution in [0.3, 0.4) is 0 Å². The van der Waals surface area contributed by atoms with Crippen molar-refractivity contribution in [2.45, 2.75) is 41.6 Å². The van der Waals surface area contributed by atoms with Crippen LogP contribution < -0.4 is 4.74 Å². The molecular weight excluding hydrogens is 424 g/mol. The Kier molecular flexibility index (Phi) is 6.58. The summed E-state index contributed by atoms with van der Waals surface area (Å²) in [7, 11) is -5.13. The second kappa shape index (κ2) is 8.23. The largest absolute Gasteiger partial charge is 0.478 e. The van der Waals surface area contributed by atoms with E-state index in [1.54, 1.807) is 20.8 Å². The molecule has 28 heavy (non-hydrogen) atoms. The molecule has 0 radical (unpaired) electrons. The molecule has 0 bridgehead atoms. The summed E-state index contributed by atoms with van der Waals surface area (Å²) in [6.07, 6.45) is -0.0857. The van der Waals surface area contributed by atoms with Gasteiger partial charge in [-0.2, -0.15) is 0 Å². The molecular formula is C19H21ClO6S2. The zero-order chi connectivity index (χ0) is 21.3. The number of benzene rings is 2. The Morgan fingerprint density at radius 1 is 1.14 bits per heavy atom. The van der Waals surface area contributed by atoms with Crippen LogP contribution in [0.1, 0.15) is 20.8 Å². The van der Waals surface area contributed by atoms with Crippen molar-refractivity contribution in [3.63, 3.8) is 0 Å². The van der Waals surface area contributed by atoms with Gasteiger partial charge in [0.15, 0.2) is 15.9 Å². The van der Waals surface area contributed by atoms with E-state index in [1.807, 2.05) is 0 Å². The third kappa shape index (κ3) is 5.33. The molecule has 6 nitrogen and oxygen atoms in total. The molecule has 1 N–H and O–H groups in total. The molecule has 0 spiro atoms. The molecule has 2 rings (SSSR count). The molecule has 0 aromatic heterocycles. The summed E-state index contributed by atoms with van der Waals surface area (Å²) in [6, 6.07) is 10.0. The summed E-state index contributed by atoms with van der Waals surface area (Å²) in [5, 5.41) is 9.81. The fourth-order valence-corrected chi connectivity index (χ4v) is 4.42. The van der Waals surface area contributed by atoms with Crippen LogP contribution in [0.25, 0.3) is 0 Å². The van der Waals surface area contributed by atoms with E-state index in [4.69, 9.17) is 16.3 Å². The fraction of sp³-hybridized carbons (Fsp3) is 0.316. The van der Waals surface area contributed by atoms with Gasteiger partial charge < -0.3 is 9.84 Å². The number of halogens is 1. The van der Waals surface area contributed by atoms with Gasteiger partial charge in [0.05, 0.1) is 20.6 Å². The van der Waals surface area contributed by atoms with Gasteiger partial charge in [-0.15, -0.1) is 0 Å². The zero-order valence-electron chi connectivity index (χ0n) is 15.8. The van der Waals surface area contributed by atoms with Gasteiger partial charge in [-0.3, -0.25) is 0 Å². The summed E-state index contributed by atoms with van der Waals surface area (Å²) < 4.78 is 41.9. The molecule has 2 unspecified atom stereocenters. The van der Waals surface area contributed by atoms with E-state index in [0.717, 1.165) is 6.26 Å². The van der Waals surface area contributed by atoms with Crippen molar-refractivity contribution in [2.75, 3.05) is 6.26 Å². The van der Waals surface area contributed by atoms with Crippen LogP contribution in [-0.4, -0.2) is 36.1 Å². The highest BCUT2D eigenvalue weighted by Gasteiger charge is 2.34. The van der Waals surface area contributed by atoms with Crippen LogP contribution >= 0.6 is 11.6 Å². The van der Waals surface area contributed by atoms with Crippen molar-refractivity contribution in [1.82, 2.24) is 0 Å². The highest BCUT2D eigenvalue weighted by atomic mass is 35.5. The molecule has 0 amide bonds. The van der Waals surface area contributed by atoms with E-state index in [9.17, 15) is 22.5 Å². The molecule has 152 valence electrons. The molecule has 0 aliphatic heterocycles. The minimum absolute atomic E-state index is 0.106. The first kappa shape index (κ1) is 22.4. The number of sulfone groups is 1. The standard InChI is InChI=1S/C19H21ClO6S2/c1-19(2,3)17(18(21)22)26-15-10-5-12(20)11-16(15)27(23)13-6-8-14(9-7-13)28(4,24)25/h5-11,17H,1-4H3,(H,21,22). The van der Waals surface area contributed by atoms with E-state index in [-0.39, 0.29) is 15.5 Å². The minimum atomic E-state index is -3.38. The molecule has 2 aromatic carbocycles. The summed E-state index contributed by atoms with van der Waals surface area (Å²) >= 11 is 6.04. The number of carboxylic acids is 1. The predicted molar refractivity (Wildman–Crippen MR) is 107 cm³/mol. The topological polar surface area (TPSA) is 97.7 Å². The monoisotopic (exact) mass is 444 g/mol. The smallest absolute Gasteiger partial charge is 0.345 e. The first-order valence-electron chi connectivity index (χ1n) is 8.21. The Bertz CT molecular complexity index is 1010. The van der Waals surface area contributed by atoms with Gasteiger partial charge in [-0.25, -0.2) is 17.4 Å². The number of ether oxygens (including phenoxy) is 1. The first-order chi connectivity index (χ1) is 12.8. The van der Waals surface area contributed by atoms with Crippen molar-refractivity contribution >= 4 is 38.2 Å². The Balaban J connectivity index is 2.46. The maximum absolute atomic E-state index is 13.1. The third-order valence-electron chi connectivity index (χ3n) is 3.83. The van der Waals surface area contributed by atoms with Crippen molar-refractivity contribution in [1.29, 1.82) is 0 Å². The van der Waals surface area contributed by atoms with E-state index in [2.05, 4.69) is 0 Å². The molecule has 2 atom stereocenters. The van der Waals surface area contributed by atoms with Gasteiger partial charge in [0.1, 0.15) is 5.75 Å². The summed E-state index contributed by atoms with van der Waals surface area (Å²) in [5.74, 6) is -1.01. The molecule has 0 fully saturated rings. The molecule has 0 aliphatic carbocycles. The SMILES string of the molecule is CC(C)(C)C(Oc1ccc(Cl)cc1S(=O)c1ccc(S(C)(=O)=O)cc1)C(=O)O. The Morgan fingerprint density at radius 2 is 1.71 bits per heavy atom. The van der Waals surface area contributed by atoms with Crippen LogP contribution in [0.4, 0.5) is 0 Å². The highest BCUT2D eigenvalue weighted by molar-refractivity contribution is 7.90. The van der Waals surface area contributed by atoms with Gasteiger partial charge in [0, 0.05) is 21.6 Å². The van der Waals surface area contributed by atoms with Crippen LogP contribution in [-0.2, 0) is 25.4 Å². The van der Waals surface area contributed by atoms with E-state index >= 15 is 0 Å². The number of hydrogen-bond acceptors (Lipinski definition) is 5. The highest BCUT2D eigenvalue weighted by Crippen LogP contribution is 2.33. The fourth-order valence-electron chi connectivity index (χ4n) is 2.39. The summed E-state index contributed by atoms with van der Waals surface area (Å²) in [6.45, 7) is 5.17. The minimum Gasteiger partial charge on any atom is -0.478 e. The van der Waals surface area contributed by atoms with Gasteiger partial charge >= 0.3 is 5.97 Å². The molecule has 0 saturated heterocycles. The second-order valence-corrected chi connectivity index (χ2v) is 11.2. The Hall–Kier alpha value is -1.90. The number of carboxylic acid groups (broad SMARTS) is 1. The van der Waals surface area contributed by atoms with Crippen LogP contribution in [0, 0.1) is 5.41 Å². The average molecular weight is 445 g/mol. The maximum atomic E-state index is 13.1. The Labute approximate surface area is 171 Å². The number of hydrogen-bond donors (Lipinski definition) is 1. The lowest BCUT2D eigenvalue weighted by Gasteiger charge is -2.28. The number of carbonyl (C=O) groups is 1. The number of rotatable bonds is 6. The zero-order valence-corrected chi connectivity index (χ0v) is 18.2. The van der Waals surface area contributed by atoms with Gasteiger partial charge in [-0.05, 0) is 42.5 Å². The lowest BCUT2D eigenvalue weighted by molar-refractivity contribution is -0.150. The molecule has 0 heterocycles. The van der Waals surface area contributed by atoms with Gasteiger partial charge in [-0.1, -0.05) is 32.4 Å². The molecule has 2 aromatic rings. The molecule has 9 heteroatoms. The van der Waals surface area contributed by atoms with E-state index in [0.29, 0.717) is 9.92 Å². The summed E-state index contributed by atoms with van der Waals surface area (Å²) in [5.41, 5.74) is -0.707. The first-order valence-corrected chi connectivity index (χ1v) is 11.6. The van der Waals surface area contributed by atoms with E-state index < -0.39 is 38.1 Å². The lowest BCUT2D eigenvalue weighted by atomic mass is 9.89. The Morgan fingerprint density at radius 3 is 2.18 bits per heavy atom. The van der Waals surface area contributed by atoms with Crippen LogP contribution in [0.2, 0.25) is 5.02 Å². The van der Waals surface area contributed by atoms with E-state index in [1.165, 1.54) is 42.5 Å². The van der Waals surface area contributed by atoms with Crippen LogP contribution in [0.15, 0.2) is 57.2 Å². The maximum Gasteiger partial charge on any atom is 0.345 e. The number of aliphatic carboxylic acids is 1. The van der Waals surface area contributed by atoms with Crippen LogP contribution in [0.5, 0.6) is 5.75 Å². The van der Waals surface area contributed by atoms with Crippen molar-refractivity contribution in [2.24, 2.45) is 5.41 Å². The normalized spacial score (nSPS) is 14.3. The molecule has 0 aliphatic rings. The van der Waals surface area contributed by atoms with Crippen molar-refractivity contribution in [3.8, 4) is 5.75 Å². The second-order valence-electron chi connectivity index (χ2n) is 7.31. The third-order valence-corrected chi connectivity index (χ3v) is 6.61. The lowest BCUT2D eigenvalue weighted by Crippen LogP contribution is -2.39. The predicted octanol–water partition coefficient (Wildman–Crippen LogP) is 3.79. The van der Waals surface area contributed by atoms with Gasteiger partial charge in [0.2, 0.25) is 0 Å². The van der Waals surface area contributed by atoms with Crippen molar-refractivity contribution in [3.05, 3.63) is 47.5 Å². The molecule has 0 saturated carbocycles. The average Bonchev–Trinajstić information content (AvgIpc) is 2.58. The quantitative estimate of drug-likeness (QED) is 0.727. The van der Waals surface area contributed by atoms with Crippen molar-refractivity contribution < 1.29 is 27.3 Å². The summed E-state index contributed by atoms with van der Waals surface area (Å²) in [4.78, 5) is 12.3.